The average Bonchev–Trinajstić information content (AvgIpc) is 2.81. The summed E-state index contributed by atoms with van der Waals surface area (Å²) in [5.74, 6) is -0.574. The lowest BCUT2D eigenvalue weighted by Gasteiger charge is -2.16. The van der Waals surface area contributed by atoms with Crippen LogP contribution in [-0.2, 0) is 19.1 Å². The molecule has 1 aliphatic heterocycles. The van der Waals surface area contributed by atoms with E-state index in [1.807, 2.05) is 19.9 Å². The van der Waals surface area contributed by atoms with Crippen LogP contribution in [0.15, 0.2) is 47.1 Å². The summed E-state index contributed by atoms with van der Waals surface area (Å²) in [4.78, 5) is 36.4. The Kier molecular flexibility index (Phi) is 5.71. The molecule has 0 radical (unpaired) electrons. The molecule has 2 atom stereocenters. The molecule has 0 fully saturated rings. The molecule has 0 aromatic carbocycles. The molecule has 2 aliphatic rings. The molecule has 24 heavy (non-hydrogen) atoms. The van der Waals surface area contributed by atoms with Gasteiger partial charge in [0.05, 0.1) is 0 Å². The normalized spacial score (nSPS) is 30.5. The topological polar surface area (TPSA) is 60.4 Å². The fraction of sp³-hybridized carbons (Fsp3) is 0.450. The molecule has 128 valence electrons. The molecule has 0 aromatic rings. The van der Waals surface area contributed by atoms with E-state index in [4.69, 9.17) is 4.74 Å². The van der Waals surface area contributed by atoms with Gasteiger partial charge in [-0.2, -0.15) is 0 Å². The molecule has 0 aromatic heterocycles. The van der Waals surface area contributed by atoms with Crippen molar-refractivity contribution < 1.29 is 19.1 Å². The van der Waals surface area contributed by atoms with Crippen molar-refractivity contribution in [2.75, 3.05) is 0 Å². The number of Topliss-reactive ketones (excluding diaryl/α,β-unsaturated/α-hetero) is 1. The molecule has 0 spiro atoms. The molecule has 1 heterocycles. The van der Waals surface area contributed by atoms with Crippen molar-refractivity contribution in [3.05, 3.63) is 47.1 Å². The third-order valence-electron chi connectivity index (χ3n) is 4.51. The number of carbonyl (C=O) groups excluding carboxylic acids is 3. The van der Waals surface area contributed by atoms with Crippen molar-refractivity contribution in [3.8, 4) is 0 Å². The number of rotatable bonds is 1. The molecule has 2 rings (SSSR count). The molecule has 0 unspecified atom stereocenters. The van der Waals surface area contributed by atoms with Gasteiger partial charge in [0.2, 0.25) is 0 Å². The fourth-order valence-corrected chi connectivity index (χ4v) is 3.02. The Bertz CT molecular complexity index is 676. The molecule has 4 heteroatoms. The molecule has 0 amide bonds. The Hall–Kier alpha value is -2.23. The molecule has 2 bridgehead atoms. The Morgan fingerprint density at radius 2 is 1.88 bits per heavy atom. The Morgan fingerprint density at radius 3 is 2.54 bits per heavy atom. The molecule has 0 saturated carbocycles. The second-order valence-corrected chi connectivity index (χ2v) is 6.77. The van der Waals surface area contributed by atoms with Crippen LogP contribution in [-0.4, -0.2) is 23.6 Å². The van der Waals surface area contributed by atoms with Gasteiger partial charge in [-0.05, 0) is 63.3 Å². The lowest BCUT2D eigenvalue weighted by atomic mass is 9.87. The summed E-state index contributed by atoms with van der Waals surface area (Å²) in [5.41, 5.74) is 2.85. The van der Waals surface area contributed by atoms with E-state index < -0.39 is 0 Å². The quantitative estimate of drug-likeness (QED) is 0.545. The van der Waals surface area contributed by atoms with Gasteiger partial charge in [-0.15, -0.1) is 0 Å². The van der Waals surface area contributed by atoms with Crippen molar-refractivity contribution in [1.82, 2.24) is 0 Å². The van der Waals surface area contributed by atoms with Gasteiger partial charge in [0.25, 0.3) is 0 Å². The second-order valence-electron chi connectivity index (χ2n) is 6.77. The van der Waals surface area contributed by atoms with Crippen LogP contribution in [0.1, 0.15) is 46.5 Å². The van der Waals surface area contributed by atoms with E-state index in [0.29, 0.717) is 36.8 Å². The van der Waals surface area contributed by atoms with E-state index in [9.17, 15) is 14.4 Å². The van der Waals surface area contributed by atoms with Gasteiger partial charge in [-0.25, -0.2) is 4.79 Å². The highest BCUT2D eigenvalue weighted by atomic mass is 16.5. The molecule has 4 nitrogen and oxygen atoms in total. The van der Waals surface area contributed by atoms with Crippen molar-refractivity contribution in [2.45, 2.75) is 52.6 Å². The monoisotopic (exact) mass is 328 g/mol. The predicted molar refractivity (Wildman–Crippen MR) is 92.3 cm³/mol. The van der Waals surface area contributed by atoms with Crippen molar-refractivity contribution >= 4 is 17.5 Å². The number of fused-ring (bicyclic) bond motifs is 1. The first-order chi connectivity index (χ1) is 11.3. The van der Waals surface area contributed by atoms with Crippen molar-refractivity contribution in [3.63, 3.8) is 0 Å². The lowest BCUT2D eigenvalue weighted by molar-refractivity contribution is -0.139. The van der Waals surface area contributed by atoms with Gasteiger partial charge in [0.1, 0.15) is 6.10 Å². The minimum atomic E-state index is -0.311. The van der Waals surface area contributed by atoms with Crippen LogP contribution in [0.5, 0.6) is 0 Å². The van der Waals surface area contributed by atoms with Crippen LogP contribution in [0.4, 0.5) is 0 Å². The predicted octanol–water partition coefficient (Wildman–Crippen LogP) is 3.64. The number of allylic oxidation sites excluding steroid dienone is 4. The first-order valence-electron chi connectivity index (χ1n) is 8.26. The SMILES string of the molecule is C=C(C)[C@H]1CCC2=C[C@H](C/C(C)=C\C(=O)/C=C(\C)C(=O)C1)OC2=O. The number of ether oxygens (including phenoxy) is 1. The van der Waals surface area contributed by atoms with Crippen LogP contribution >= 0.6 is 0 Å². The highest BCUT2D eigenvalue weighted by Gasteiger charge is 2.27. The van der Waals surface area contributed by atoms with Crippen molar-refractivity contribution in [2.24, 2.45) is 5.92 Å². The van der Waals surface area contributed by atoms with Gasteiger partial charge >= 0.3 is 5.97 Å². The highest BCUT2D eigenvalue weighted by molar-refractivity contribution is 6.07. The summed E-state index contributed by atoms with van der Waals surface area (Å²) in [6.45, 7) is 9.35. The van der Waals surface area contributed by atoms with E-state index >= 15 is 0 Å². The number of hydrogen-bond donors (Lipinski definition) is 0. The number of carbonyl (C=O) groups is 3. The summed E-state index contributed by atoms with van der Waals surface area (Å²) in [7, 11) is 0. The largest absolute Gasteiger partial charge is 0.454 e. The van der Waals surface area contributed by atoms with Gasteiger partial charge in [-0.3, -0.25) is 9.59 Å². The second kappa shape index (κ2) is 7.56. The summed E-state index contributed by atoms with van der Waals surface area (Å²) >= 11 is 0. The van der Waals surface area contributed by atoms with E-state index in [1.165, 1.54) is 12.2 Å². The van der Waals surface area contributed by atoms with E-state index in [2.05, 4.69) is 6.58 Å². The minimum absolute atomic E-state index is 0.0103. The third kappa shape index (κ3) is 4.63. The maximum Gasteiger partial charge on any atom is 0.334 e. The summed E-state index contributed by atoms with van der Waals surface area (Å²) in [6, 6.07) is 0. The fourth-order valence-electron chi connectivity index (χ4n) is 3.02. The first kappa shape index (κ1) is 18.1. The van der Waals surface area contributed by atoms with E-state index in [-0.39, 0.29) is 29.6 Å². The highest BCUT2D eigenvalue weighted by Crippen LogP contribution is 2.28. The zero-order chi connectivity index (χ0) is 17.9. The molecule has 0 saturated heterocycles. The van der Waals surface area contributed by atoms with E-state index in [0.717, 1.165) is 11.1 Å². The van der Waals surface area contributed by atoms with Gasteiger partial charge in [0, 0.05) is 18.4 Å². The van der Waals surface area contributed by atoms with Crippen LogP contribution in [0, 0.1) is 5.92 Å². The Morgan fingerprint density at radius 1 is 1.17 bits per heavy atom. The van der Waals surface area contributed by atoms with Crippen LogP contribution in [0.2, 0.25) is 0 Å². The van der Waals surface area contributed by atoms with Gasteiger partial charge < -0.3 is 4.74 Å². The summed E-state index contributed by atoms with van der Waals surface area (Å²) in [6.07, 6.45) is 6.46. The maximum absolute atomic E-state index is 12.4. The van der Waals surface area contributed by atoms with Crippen molar-refractivity contribution in [1.29, 1.82) is 0 Å². The summed E-state index contributed by atoms with van der Waals surface area (Å²) < 4.78 is 5.36. The Balaban J connectivity index is 2.32. The lowest BCUT2D eigenvalue weighted by Crippen LogP contribution is -2.12. The molecule has 0 N–H and O–H groups in total. The van der Waals surface area contributed by atoms with Gasteiger partial charge in [-0.1, -0.05) is 17.7 Å². The third-order valence-corrected chi connectivity index (χ3v) is 4.51. The smallest absolute Gasteiger partial charge is 0.334 e. The molecule has 1 aliphatic carbocycles. The number of esters is 1. The summed E-state index contributed by atoms with van der Waals surface area (Å²) in [5, 5.41) is 0. The molecular formula is C20H24O4. The number of hydrogen-bond acceptors (Lipinski definition) is 4. The zero-order valence-corrected chi connectivity index (χ0v) is 14.6. The van der Waals surface area contributed by atoms with E-state index in [1.54, 1.807) is 6.92 Å². The Labute approximate surface area is 143 Å². The number of ketones is 2. The average molecular weight is 328 g/mol. The maximum atomic E-state index is 12.4. The van der Waals surface area contributed by atoms with Gasteiger partial charge in [0.15, 0.2) is 11.6 Å². The zero-order valence-electron chi connectivity index (χ0n) is 14.6. The molecular weight excluding hydrogens is 304 g/mol. The van der Waals surface area contributed by atoms with Crippen LogP contribution < -0.4 is 0 Å². The minimum Gasteiger partial charge on any atom is -0.454 e. The van der Waals surface area contributed by atoms with Crippen LogP contribution in [0.25, 0.3) is 0 Å². The van der Waals surface area contributed by atoms with Crippen LogP contribution in [0.3, 0.4) is 0 Å². The standard InChI is InChI=1S/C20H24O4/c1-12(2)15-5-6-16-10-18(24-20(16)23)8-13(3)7-17(21)9-14(4)19(22)11-15/h7,9-10,15,18H,1,5-6,8,11H2,2-4H3/b13-7-,14-9+/t15-,18-/m0/s1. The first-order valence-corrected chi connectivity index (χ1v) is 8.26.